The van der Waals surface area contributed by atoms with E-state index in [4.69, 9.17) is 16.4 Å². The number of carbonyl (C=O) groups excluding carboxylic acids is 1. The number of halogens is 1. The van der Waals surface area contributed by atoms with Gasteiger partial charge in [-0.3, -0.25) is 10.0 Å². The van der Waals surface area contributed by atoms with Crippen molar-refractivity contribution >= 4 is 23.1 Å². The lowest BCUT2D eigenvalue weighted by molar-refractivity contribution is -0.209. The highest BCUT2D eigenvalue weighted by molar-refractivity contribution is 6.31. The van der Waals surface area contributed by atoms with Gasteiger partial charge in [0.1, 0.15) is 11.3 Å². The molecular formula is C17H21ClN2O4. The van der Waals surface area contributed by atoms with Crippen LogP contribution in [0.2, 0.25) is 5.02 Å². The van der Waals surface area contributed by atoms with Gasteiger partial charge in [0, 0.05) is 18.1 Å². The van der Waals surface area contributed by atoms with Crippen molar-refractivity contribution in [3.8, 4) is 0 Å². The summed E-state index contributed by atoms with van der Waals surface area (Å²) in [5, 5.41) is 24.4. The van der Waals surface area contributed by atoms with Crippen LogP contribution in [0.25, 0.3) is 5.57 Å². The van der Waals surface area contributed by atoms with Crippen LogP contribution in [0.4, 0.5) is 0 Å². The average molecular weight is 353 g/mol. The number of aliphatic hydroxyl groups excluding tert-OH is 1. The fourth-order valence-corrected chi connectivity index (χ4v) is 4.08. The van der Waals surface area contributed by atoms with Crippen molar-refractivity contribution in [2.75, 3.05) is 20.2 Å². The Hall–Kier alpha value is -1.60. The van der Waals surface area contributed by atoms with Gasteiger partial charge in [-0.2, -0.15) is 5.06 Å². The molecule has 3 rings (SSSR count). The van der Waals surface area contributed by atoms with Gasteiger partial charge in [-0.05, 0) is 55.5 Å². The van der Waals surface area contributed by atoms with Crippen molar-refractivity contribution < 1.29 is 19.9 Å². The molecule has 0 bridgehead atoms. The van der Waals surface area contributed by atoms with Crippen LogP contribution in [0.5, 0.6) is 0 Å². The number of nitrogens with zero attached hydrogens (tertiary/aromatic N) is 2. The quantitative estimate of drug-likeness (QED) is 0.801. The molecule has 2 aliphatic rings. The number of hydroxylamine groups is 4. The maximum atomic E-state index is 12.7. The minimum absolute atomic E-state index is 0.0701. The summed E-state index contributed by atoms with van der Waals surface area (Å²) >= 11 is 6.06. The lowest BCUT2D eigenvalue weighted by Crippen LogP contribution is -2.53. The van der Waals surface area contributed by atoms with E-state index in [-0.39, 0.29) is 11.3 Å². The molecule has 0 saturated carbocycles. The van der Waals surface area contributed by atoms with Gasteiger partial charge >= 0.3 is 0 Å². The Kier molecular flexibility index (Phi) is 4.34. The summed E-state index contributed by atoms with van der Waals surface area (Å²) in [5.41, 5.74) is 1.28. The number of hydrogen-bond acceptors (Lipinski definition) is 5. The number of aryl methyl sites for hydroxylation is 2. The maximum absolute atomic E-state index is 12.7. The molecule has 6 nitrogen and oxygen atoms in total. The average Bonchev–Trinajstić information content (AvgIpc) is 2.71. The second-order valence-corrected chi connectivity index (χ2v) is 6.83. The summed E-state index contributed by atoms with van der Waals surface area (Å²) < 4.78 is 0. The molecule has 7 heteroatoms. The van der Waals surface area contributed by atoms with Crippen molar-refractivity contribution in [1.82, 2.24) is 10.1 Å². The Labute approximate surface area is 145 Å². The Morgan fingerprint density at radius 1 is 1.21 bits per heavy atom. The molecule has 1 aromatic rings. The van der Waals surface area contributed by atoms with Crippen LogP contribution in [0.1, 0.15) is 29.5 Å². The van der Waals surface area contributed by atoms with Crippen LogP contribution in [0.3, 0.4) is 0 Å². The Morgan fingerprint density at radius 2 is 1.75 bits per heavy atom. The molecule has 0 aromatic heterocycles. The lowest BCUT2D eigenvalue weighted by atomic mass is 9.85. The second kappa shape index (κ2) is 6.04. The summed E-state index contributed by atoms with van der Waals surface area (Å²) in [4.78, 5) is 17.9. The fraction of sp³-hybridized carbons (Fsp3) is 0.471. The van der Waals surface area contributed by atoms with Gasteiger partial charge in [0.05, 0.1) is 12.7 Å². The van der Waals surface area contributed by atoms with Crippen LogP contribution in [-0.2, 0) is 9.63 Å². The van der Waals surface area contributed by atoms with E-state index in [2.05, 4.69) is 0 Å². The zero-order valence-electron chi connectivity index (χ0n) is 14.0. The fourth-order valence-electron chi connectivity index (χ4n) is 3.75. The highest BCUT2D eigenvalue weighted by atomic mass is 35.5. The zero-order valence-corrected chi connectivity index (χ0v) is 14.7. The molecule has 1 aromatic carbocycles. The minimum atomic E-state index is -1.08. The predicted molar refractivity (Wildman–Crippen MR) is 89.7 cm³/mol. The third kappa shape index (κ3) is 2.41. The molecule has 0 aliphatic carbocycles. The SMILES string of the molecule is CON1CCC2(CC1)C(O)=C(c1c(C)cc(Cl)cc1C)C(=O)N2O. The number of hydrogen-bond donors (Lipinski definition) is 2. The van der Waals surface area contributed by atoms with Gasteiger partial charge in [-0.25, -0.2) is 5.06 Å². The molecular weight excluding hydrogens is 332 g/mol. The molecule has 2 N–H and O–H groups in total. The van der Waals surface area contributed by atoms with Crippen molar-refractivity contribution in [3.05, 3.63) is 39.6 Å². The third-order valence-electron chi connectivity index (χ3n) is 5.04. The predicted octanol–water partition coefficient (Wildman–Crippen LogP) is 2.85. The molecule has 1 spiro atoms. The number of benzene rings is 1. The Morgan fingerprint density at radius 3 is 2.25 bits per heavy atom. The summed E-state index contributed by atoms with van der Waals surface area (Å²) in [6.45, 7) is 4.69. The van der Waals surface area contributed by atoms with Crippen molar-refractivity contribution in [2.24, 2.45) is 0 Å². The van der Waals surface area contributed by atoms with E-state index in [1.165, 1.54) is 0 Å². The molecule has 1 amide bonds. The van der Waals surface area contributed by atoms with Crippen LogP contribution < -0.4 is 0 Å². The van der Waals surface area contributed by atoms with E-state index in [0.29, 0.717) is 41.6 Å². The molecule has 0 unspecified atom stereocenters. The lowest BCUT2D eigenvalue weighted by Gasteiger charge is -2.40. The van der Waals surface area contributed by atoms with Gasteiger partial charge in [0.15, 0.2) is 0 Å². The van der Waals surface area contributed by atoms with E-state index in [0.717, 1.165) is 11.1 Å². The van der Waals surface area contributed by atoms with E-state index in [1.807, 2.05) is 13.8 Å². The van der Waals surface area contributed by atoms with Gasteiger partial charge in [-0.1, -0.05) is 11.6 Å². The summed E-state index contributed by atoms with van der Waals surface area (Å²) in [6.07, 6.45) is 0.786. The van der Waals surface area contributed by atoms with Crippen LogP contribution in [0.15, 0.2) is 17.9 Å². The summed E-state index contributed by atoms with van der Waals surface area (Å²) in [5.74, 6) is -0.647. The van der Waals surface area contributed by atoms with Crippen molar-refractivity contribution in [3.63, 3.8) is 0 Å². The van der Waals surface area contributed by atoms with Crippen molar-refractivity contribution in [2.45, 2.75) is 32.2 Å². The van der Waals surface area contributed by atoms with Crippen LogP contribution >= 0.6 is 11.6 Å². The normalized spacial score (nSPS) is 21.2. The first-order valence-corrected chi connectivity index (χ1v) is 8.23. The van der Waals surface area contributed by atoms with E-state index >= 15 is 0 Å². The highest BCUT2D eigenvalue weighted by Gasteiger charge is 2.54. The highest BCUT2D eigenvalue weighted by Crippen LogP contribution is 2.45. The molecule has 2 heterocycles. The van der Waals surface area contributed by atoms with Crippen LogP contribution in [-0.4, -0.2) is 52.1 Å². The number of aliphatic hydroxyl groups is 1. The standard InChI is InChI=1S/C17H21ClN2O4/c1-10-8-12(18)9-11(2)13(10)14-15(21)17(20(23)16(14)22)4-6-19(24-3)7-5-17/h8-9,21,23H,4-7H2,1-3H3. The molecule has 1 saturated heterocycles. The number of rotatable bonds is 2. The number of amides is 1. The van der Waals surface area contributed by atoms with Gasteiger partial charge in [-0.15, -0.1) is 0 Å². The monoisotopic (exact) mass is 352 g/mol. The molecule has 1 fully saturated rings. The smallest absolute Gasteiger partial charge is 0.282 e. The Balaban J connectivity index is 2.10. The molecule has 130 valence electrons. The third-order valence-corrected chi connectivity index (χ3v) is 5.26. The topological polar surface area (TPSA) is 73.2 Å². The summed E-state index contributed by atoms with van der Waals surface area (Å²) in [6, 6.07) is 3.50. The van der Waals surface area contributed by atoms with Crippen LogP contribution in [0, 0.1) is 13.8 Å². The molecule has 2 aliphatic heterocycles. The van der Waals surface area contributed by atoms with Crippen molar-refractivity contribution in [1.29, 1.82) is 0 Å². The first-order valence-electron chi connectivity index (χ1n) is 7.85. The molecule has 24 heavy (non-hydrogen) atoms. The Bertz CT molecular complexity index is 700. The first kappa shape index (κ1) is 17.2. The molecule has 0 radical (unpaired) electrons. The van der Waals surface area contributed by atoms with Gasteiger partial charge in [0.25, 0.3) is 5.91 Å². The van der Waals surface area contributed by atoms with Gasteiger partial charge in [0.2, 0.25) is 0 Å². The van der Waals surface area contributed by atoms with E-state index < -0.39 is 11.4 Å². The first-order chi connectivity index (χ1) is 11.3. The zero-order chi connectivity index (χ0) is 17.6. The second-order valence-electron chi connectivity index (χ2n) is 6.40. The van der Waals surface area contributed by atoms with E-state index in [9.17, 15) is 15.1 Å². The van der Waals surface area contributed by atoms with Gasteiger partial charge < -0.3 is 9.94 Å². The molecule has 0 atom stereocenters. The van der Waals surface area contributed by atoms with E-state index in [1.54, 1.807) is 24.3 Å². The summed E-state index contributed by atoms with van der Waals surface area (Å²) in [7, 11) is 1.58. The largest absolute Gasteiger partial charge is 0.509 e. The number of piperidine rings is 1. The minimum Gasteiger partial charge on any atom is -0.509 e. The maximum Gasteiger partial charge on any atom is 0.282 e. The number of carbonyl (C=O) groups is 1.